The lowest BCUT2D eigenvalue weighted by Crippen LogP contribution is -2.01. The van der Waals surface area contributed by atoms with E-state index in [0.29, 0.717) is 28.1 Å². The molecule has 0 radical (unpaired) electrons. The molecule has 1 heterocycles. The summed E-state index contributed by atoms with van der Waals surface area (Å²) in [5, 5.41) is 3.09. The van der Waals surface area contributed by atoms with Gasteiger partial charge in [0.25, 0.3) is 0 Å². The van der Waals surface area contributed by atoms with Crippen molar-refractivity contribution in [2.75, 3.05) is 12.4 Å². The summed E-state index contributed by atoms with van der Waals surface area (Å²) < 4.78 is 23.7. The summed E-state index contributed by atoms with van der Waals surface area (Å²) >= 11 is 3.27. The normalized spacial score (nSPS) is 10.4. The molecule has 6 heteroatoms. The summed E-state index contributed by atoms with van der Waals surface area (Å²) in [5.74, 6) is 0.357. The van der Waals surface area contributed by atoms with Gasteiger partial charge < -0.3 is 14.5 Å². The maximum absolute atomic E-state index is 13.0. The summed E-state index contributed by atoms with van der Waals surface area (Å²) in [6.45, 7) is 2.08. The lowest BCUT2D eigenvalue weighted by Gasteiger charge is -2.06. The molecule has 106 valence electrons. The molecule has 0 saturated heterocycles. The van der Waals surface area contributed by atoms with E-state index in [9.17, 15) is 9.18 Å². The fourth-order valence-corrected chi connectivity index (χ4v) is 2.25. The van der Waals surface area contributed by atoms with Crippen molar-refractivity contribution < 1.29 is 18.3 Å². The Labute approximate surface area is 124 Å². The van der Waals surface area contributed by atoms with Crippen LogP contribution in [0.1, 0.15) is 21.9 Å². The molecule has 20 heavy (non-hydrogen) atoms. The van der Waals surface area contributed by atoms with Crippen LogP contribution in [-0.2, 0) is 11.3 Å². The van der Waals surface area contributed by atoms with Crippen molar-refractivity contribution in [3.63, 3.8) is 0 Å². The van der Waals surface area contributed by atoms with Crippen molar-refractivity contribution in [3.05, 3.63) is 51.6 Å². The van der Waals surface area contributed by atoms with Crippen molar-refractivity contribution in [2.45, 2.75) is 13.5 Å². The minimum atomic E-state index is -0.430. The zero-order valence-corrected chi connectivity index (χ0v) is 12.6. The molecular weight excluding hydrogens is 329 g/mol. The van der Waals surface area contributed by atoms with Gasteiger partial charge in [-0.25, -0.2) is 9.18 Å². The standard InChI is InChI=1S/C14H13BrFNO3/c1-8-11(14(18)19-2)6-10(20-8)7-17-13-4-3-9(16)5-12(13)15/h3-6,17H,7H2,1-2H3. The van der Waals surface area contributed by atoms with Gasteiger partial charge in [0, 0.05) is 10.2 Å². The first-order valence-corrected chi connectivity index (χ1v) is 6.67. The highest BCUT2D eigenvalue weighted by molar-refractivity contribution is 9.10. The van der Waals surface area contributed by atoms with E-state index < -0.39 is 5.97 Å². The minimum absolute atomic E-state index is 0.316. The third-order valence-corrected chi connectivity index (χ3v) is 3.41. The Kier molecular flexibility index (Phi) is 4.44. The number of nitrogens with one attached hydrogen (secondary N) is 1. The number of hydrogen-bond acceptors (Lipinski definition) is 4. The Hall–Kier alpha value is -1.82. The highest BCUT2D eigenvalue weighted by atomic mass is 79.9. The van der Waals surface area contributed by atoms with Crippen LogP contribution >= 0.6 is 15.9 Å². The molecule has 0 aliphatic heterocycles. The van der Waals surface area contributed by atoms with Gasteiger partial charge in [-0.3, -0.25) is 0 Å². The molecule has 2 rings (SSSR count). The van der Waals surface area contributed by atoms with Gasteiger partial charge in [-0.2, -0.15) is 0 Å². The van der Waals surface area contributed by atoms with Crippen LogP contribution in [0.3, 0.4) is 0 Å². The zero-order chi connectivity index (χ0) is 14.7. The van der Waals surface area contributed by atoms with Crippen LogP contribution in [-0.4, -0.2) is 13.1 Å². The SMILES string of the molecule is COC(=O)c1cc(CNc2ccc(F)cc2Br)oc1C. The van der Waals surface area contributed by atoms with E-state index in [4.69, 9.17) is 4.42 Å². The monoisotopic (exact) mass is 341 g/mol. The first kappa shape index (κ1) is 14.6. The predicted molar refractivity (Wildman–Crippen MR) is 76.2 cm³/mol. The molecule has 1 N–H and O–H groups in total. The van der Waals surface area contributed by atoms with Gasteiger partial charge in [-0.15, -0.1) is 0 Å². The minimum Gasteiger partial charge on any atom is -0.465 e. The van der Waals surface area contributed by atoms with E-state index in [-0.39, 0.29) is 5.82 Å². The summed E-state index contributed by atoms with van der Waals surface area (Å²) in [4.78, 5) is 11.5. The molecule has 0 atom stereocenters. The number of esters is 1. The van der Waals surface area contributed by atoms with E-state index >= 15 is 0 Å². The molecule has 2 aromatic rings. The van der Waals surface area contributed by atoms with Crippen LogP contribution in [0.5, 0.6) is 0 Å². The summed E-state index contributed by atoms with van der Waals surface area (Å²) in [7, 11) is 1.32. The molecule has 0 aliphatic rings. The Morgan fingerprint density at radius 2 is 2.20 bits per heavy atom. The third-order valence-electron chi connectivity index (χ3n) is 2.76. The van der Waals surface area contributed by atoms with Gasteiger partial charge in [0.1, 0.15) is 22.9 Å². The molecule has 0 saturated carbocycles. The Balaban J connectivity index is 2.09. The highest BCUT2D eigenvalue weighted by Gasteiger charge is 2.15. The van der Waals surface area contributed by atoms with Gasteiger partial charge in [0.2, 0.25) is 0 Å². The number of anilines is 1. The van der Waals surface area contributed by atoms with Crippen molar-refractivity contribution in [1.82, 2.24) is 0 Å². The maximum atomic E-state index is 13.0. The number of benzene rings is 1. The number of rotatable bonds is 4. The van der Waals surface area contributed by atoms with Gasteiger partial charge in [0.15, 0.2) is 0 Å². The first-order valence-electron chi connectivity index (χ1n) is 5.88. The predicted octanol–water partition coefficient (Wildman–Crippen LogP) is 3.89. The number of furan rings is 1. The molecule has 4 nitrogen and oxygen atoms in total. The van der Waals surface area contributed by atoms with Crippen LogP contribution < -0.4 is 5.32 Å². The Morgan fingerprint density at radius 1 is 1.45 bits per heavy atom. The number of aryl methyl sites for hydroxylation is 1. The van der Waals surface area contributed by atoms with Gasteiger partial charge in [-0.1, -0.05) is 0 Å². The molecule has 0 aliphatic carbocycles. The zero-order valence-electron chi connectivity index (χ0n) is 11.0. The maximum Gasteiger partial charge on any atom is 0.341 e. The molecule has 0 unspecified atom stereocenters. The quantitative estimate of drug-likeness (QED) is 0.857. The second-order valence-electron chi connectivity index (χ2n) is 4.15. The molecule has 0 fully saturated rings. The van der Waals surface area contributed by atoms with Gasteiger partial charge in [0.05, 0.1) is 13.7 Å². The van der Waals surface area contributed by atoms with Crippen LogP contribution in [0.4, 0.5) is 10.1 Å². The van der Waals surface area contributed by atoms with Crippen LogP contribution in [0.15, 0.2) is 33.2 Å². The largest absolute Gasteiger partial charge is 0.465 e. The summed E-state index contributed by atoms with van der Waals surface area (Å²) in [6.07, 6.45) is 0. The average Bonchev–Trinajstić information content (AvgIpc) is 2.78. The number of halogens is 2. The van der Waals surface area contributed by atoms with Crippen molar-refractivity contribution in [2.24, 2.45) is 0 Å². The number of methoxy groups -OCH3 is 1. The molecule has 0 bridgehead atoms. The van der Waals surface area contributed by atoms with E-state index in [0.717, 1.165) is 5.69 Å². The van der Waals surface area contributed by atoms with Crippen LogP contribution in [0.2, 0.25) is 0 Å². The van der Waals surface area contributed by atoms with E-state index in [1.807, 2.05) is 0 Å². The molecule has 0 amide bonds. The topological polar surface area (TPSA) is 51.5 Å². The molecule has 1 aromatic carbocycles. The second kappa shape index (κ2) is 6.09. The number of carbonyl (C=O) groups excluding carboxylic acids is 1. The first-order chi connectivity index (χ1) is 9.51. The van der Waals surface area contributed by atoms with Crippen LogP contribution in [0.25, 0.3) is 0 Å². The highest BCUT2D eigenvalue weighted by Crippen LogP contribution is 2.24. The Bertz CT molecular complexity index is 639. The Morgan fingerprint density at radius 3 is 2.85 bits per heavy atom. The van der Waals surface area contributed by atoms with Crippen LogP contribution in [0, 0.1) is 12.7 Å². The second-order valence-corrected chi connectivity index (χ2v) is 5.01. The molecule has 0 spiro atoms. The van der Waals surface area contributed by atoms with E-state index in [1.165, 1.54) is 19.2 Å². The summed E-state index contributed by atoms with van der Waals surface area (Å²) in [5.41, 5.74) is 1.14. The van der Waals surface area contributed by atoms with Crippen molar-refractivity contribution in [3.8, 4) is 0 Å². The molecule has 1 aromatic heterocycles. The average molecular weight is 342 g/mol. The number of hydrogen-bond donors (Lipinski definition) is 1. The number of carbonyl (C=O) groups is 1. The van der Waals surface area contributed by atoms with E-state index in [2.05, 4.69) is 26.0 Å². The third kappa shape index (κ3) is 3.19. The lowest BCUT2D eigenvalue weighted by molar-refractivity contribution is 0.0599. The summed E-state index contributed by atoms with van der Waals surface area (Å²) in [6, 6.07) is 5.98. The molecular formula is C14H13BrFNO3. The van der Waals surface area contributed by atoms with E-state index in [1.54, 1.807) is 19.1 Å². The van der Waals surface area contributed by atoms with Gasteiger partial charge >= 0.3 is 5.97 Å². The van der Waals surface area contributed by atoms with Crippen molar-refractivity contribution >= 4 is 27.6 Å². The smallest absolute Gasteiger partial charge is 0.341 e. The fraction of sp³-hybridized carbons (Fsp3) is 0.214. The fourth-order valence-electron chi connectivity index (χ4n) is 1.76. The lowest BCUT2D eigenvalue weighted by atomic mass is 10.2. The number of ether oxygens (including phenoxy) is 1. The van der Waals surface area contributed by atoms with Gasteiger partial charge in [-0.05, 0) is 47.1 Å². The van der Waals surface area contributed by atoms with Crippen molar-refractivity contribution in [1.29, 1.82) is 0 Å².